The minimum Gasteiger partial charge on any atom is -0.355 e. The molecule has 1 aromatic carbocycles. The average molecular weight is 382 g/mol. The molecule has 0 unspecified atom stereocenters. The summed E-state index contributed by atoms with van der Waals surface area (Å²) in [5.74, 6) is -0.275. The Hall–Kier alpha value is -0.650. The third-order valence-electron chi connectivity index (χ3n) is 3.91. The van der Waals surface area contributed by atoms with Crippen molar-refractivity contribution >= 4 is 34.2 Å². The fraction of sp³-hybridized carbons (Fsp3) is 0.533. The standard InChI is InChI=1S/C15H22BrFN2O.ClH/c1-3-15(4-2,10-18)14(20)19-8-7-11-5-6-13(17)12(16)9-11;/h5-6,9H,3-4,7-8,10,18H2,1-2H3,(H,19,20);1H. The van der Waals surface area contributed by atoms with Crippen LogP contribution in [0.2, 0.25) is 0 Å². The van der Waals surface area contributed by atoms with E-state index in [9.17, 15) is 9.18 Å². The number of hydrogen-bond donors (Lipinski definition) is 2. The van der Waals surface area contributed by atoms with Crippen LogP contribution in [0.1, 0.15) is 32.3 Å². The van der Waals surface area contributed by atoms with Crippen molar-refractivity contribution in [3.8, 4) is 0 Å². The predicted molar refractivity (Wildman–Crippen MR) is 90.1 cm³/mol. The van der Waals surface area contributed by atoms with Crippen LogP contribution in [0.3, 0.4) is 0 Å². The second kappa shape index (κ2) is 9.38. The lowest BCUT2D eigenvalue weighted by Crippen LogP contribution is -2.45. The molecule has 0 radical (unpaired) electrons. The third-order valence-corrected chi connectivity index (χ3v) is 4.52. The van der Waals surface area contributed by atoms with Gasteiger partial charge in [-0.2, -0.15) is 0 Å². The van der Waals surface area contributed by atoms with Gasteiger partial charge < -0.3 is 11.1 Å². The van der Waals surface area contributed by atoms with Crippen LogP contribution in [0.5, 0.6) is 0 Å². The number of carbonyl (C=O) groups is 1. The highest BCUT2D eigenvalue weighted by molar-refractivity contribution is 9.10. The van der Waals surface area contributed by atoms with E-state index < -0.39 is 5.41 Å². The lowest BCUT2D eigenvalue weighted by molar-refractivity contribution is -0.131. The molecule has 0 saturated heterocycles. The number of amides is 1. The van der Waals surface area contributed by atoms with Gasteiger partial charge >= 0.3 is 0 Å². The number of rotatable bonds is 7. The Balaban J connectivity index is 0.00000400. The largest absolute Gasteiger partial charge is 0.355 e. The number of carbonyl (C=O) groups excluding carboxylic acids is 1. The number of nitrogens with one attached hydrogen (secondary N) is 1. The summed E-state index contributed by atoms with van der Waals surface area (Å²) in [5.41, 5.74) is 6.25. The van der Waals surface area contributed by atoms with Crippen LogP contribution in [0.25, 0.3) is 0 Å². The van der Waals surface area contributed by atoms with Crippen molar-refractivity contribution in [2.75, 3.05) is 13.1 Å². The van der Waals surface area contributed by atoms with Crippen LogP contribution < -0.4 is 11.1 Å². The zero-order valence-corrected chi connectivity index (χ0v) is 14.8. The Kier molecular flexibility index (Phi) is 9.09. The normalized spacial score (nSPS) is 10.9. The van der Waals surface area contributed by atoms with Crippen molar-refractivity contribution < 1.29 is 9.18 Å². The summed E-state index contributed by atoms with van der Waals surface area (Å²) < 4.78 is 13.6. The molecule has 1 aromatic rings. The van der Waals surface area contributed by atoms with Gasteiger partial charge in [-0.25, -0.2) is 4.39 Å². The molecule has 3 nitrogen and oxygen atoms in total. The SMILES string of the molecule is CCC(CC)(CN)C(=O)NCCc1ccc(F)c(Br)c1.Cl. The van der Waals surface area contributed by atoms with Crippen LogP contribution >= 0.6 is 28.3 Å². The van der Waals surface area contributed by atoms with Gasteiger partial charge in [0.15, 0.2) is 0 Å². The third kappa shape index (κ3) is 5.24. The first-order valence-corrected chi connectivity index (χ1v) is 7.70. The van der Waals surface area contributed by atoms with E-state index in [2.05, 4.69) is 21.2 Å². The van der Waals surface area contributed by atoms with E-state index in [1.54, 1.807) is 12.1 Å². The van der Waals surface area contributed by atoms with E-state index in [4.69, 9.17) is 5.73 Å². The van der Waals surface area contributed by atoms with Crippen molar-refractivity contribution in [2.45, 2.75) is 33.1 Å². The van der Waals surface area contributed by atoms with Crippen LogP contribution in [0, 0.1) is 11.2 Å². The molecule has 21 heavy (non-hydrogen) atoms. The molecule has 0 spiro atoms. The predicted octanol–water partition coefficient (Wildman–Crippen LogP) is 3.43. The van der Waals surface area contributed by atoms with E-state index in [-0.39, 0.29) is 24.1 Å². The van der Waals surface area contributed by atoms with Crippen molar-refractivity contribution in [3.05, 3.63) is 34.1 Å². The Labute approximate surface area is 140 Å². The molecule has 120 valence electrons. The van der Waals surface area contributed by atoms with Gasteiger partial charge in [0.2, 0.25) is 5.91 Å². The van der Waals surface area contributed by atoms with E-state index in [0.717, 1.165) is 18.4 Å². The maximum atomic E-state index is 13.1. The van der Waals surface area contributed by atoms with Gasteiger partial charge in [0.05, 0.1) is 9.89 Å². The first kappa shape index (κ1) is 20.3. The van der Waals surface area contributed by atoms with Gasteiger partial charge in [-0.1, -0.05) is 19.9 Å². The lowest BCUT2D eigenvalue weighted by Gasteiger charge is -2.28. The highest BCUT2D eigenvalue weighted by Crippen LogP contribution is 2.25. The first-order chi connectivity index (χ1) is 9.49. The second-order valence-electron chi connectivity index (χ2n) is 4.95. The van der Waals surface area contributed by atoms with Crippen molar-refractivity contribution in [1.82, 2.24) is 5.32 Å². The Morgan fingerprint density at radius 1 is 1.38 bits per heavy atom. The summed E-state index contributed by atoms with van der Waals surface area (Å²) in [7, 11) is 0. The molecule has 0 atom stereocenters. The molecule has 0 aliphatic carbocycles. The van der Waals surface area contributed by atoms with Crippen LogP contribution in [-0.4, -0.2) is 19.0 Å². The summed E-state index contributed by atoms with van der Waals surface area (Å²) in [4.78, 5) is 12.2. The van der Waals surface area contributed by atoms with E-state index >= 15 is 0 Å². The number of hydrogen-bond acceptors (Lipinski definition) is 2. The van der Waals surface area contributed by atoms with E-state index in [1.807, 2.05) is 13.8 Å². The van der Waals surface area contributed by atoms with Crippen molar-refractivity contribution in [3.63, 3.8) is 0 Å². The minimum absolute atomic E-state index is 0. The van der Waals surface area contributed by atoms with Gasteiger partial charge in [0, 0.05) is 13.1 Å². The molecule has 0 aliphatic rings. The van der Waals surface area contributed by atoms with Crippen LogP contribution in [-0.2, 0) is 11.2 Å². The van der Waals surface area contributed by atoms with E-state index in [1.165, 1.54) is 6.07 Å². The molecule has 0 aromatic heterocycles. The summed E-state index contributed by atoms with van der Waals surface area (Å²) >= 11 is 3.15. The molecule has 0 saturated carbocycles. The van der Waals surface area contributed by atoms with Gasteiger partial charge in [-0.05, 0) is 52.9 Å². The fourth-order valence-electron chi connectivity index (χ4n) is 2.16. The monoisotopic (exact) mass is 380 g/mol. The molecule has 6 heteroatoms. The van der Waals surface area contributed by atoms with Crippen molar-refractivity contribution in [2.24, 2.45) is 11.1 Å². The first-order valence-electron chi connectivity index (χ1n) is 6.91. The lowest BCUT2D eigenvalue weighted by atomic mass is 9.81. The fourth-order valence-corrected chi connectivity index (χ4v) is 2.58. The van der Waals surface area contributed by atoms with Crippen LogP contribution in [0.15, 0.2) is 22.7 Å². The van der Waals surface area contributed by atoms with Crippen LogP contribution in [0.4, 0.5) is 4.39 Å². The maximum Gasteiger partial charge on any atom is 0.227 e. The Morgan fingerprint density at radius 2 is 2.00 bits per heavy atom. The zero-order valence-electron chi connectivity index (χ0n) is 12.4. The van der Waals surface area contributed by atoms with Gasteiger partial charge in [0.25, 0.3) is 0 Å². The molecule has 1 rings (SSSR count). The molecule has 1 amide bonds. The molecular weight excluding hydrogens is 359 g/mol. The molecular formula is C15H23BrClFN2O. The zero-order chi connectivity index (χ0) is 15.2. The molecule has 0 heterocycles. The Morgan fingerprint density at radius 3 is 2.48 bits per heavy atom. The number of nitrogens with two attached hydrogens (primary N) is 1. The summed E-state index contributed by atoms with van der Waals surface area (Å²) in [6.45, 7) is 4.84. The summed E-state index contributed by atoms with van der Waals surface area (Å²) in [6.07, 6.45) is 2.13. The van der Waals surface area contributed by atoms with Crippen molar-refractivity contribution in [1.29, 1.82) is 0 Å². The van der Waals surface area contributed by atoms with Gasteiger partial charge in [-0.15, -0.1) is 12.4 Å². The highest BCUT2D eigenvalue weighted by Gasteiger charge is 2.32. The topological polar surface area (TPSA) is 55.1 Å². The summed E-state index contributed by atoms with van der Waals surface area (Å²) in [6, 6.07) is 4.88. The number of benzene rings is 1. The molecule has 0 bridgehead atoms. The second-order valence-corrected chi connectivity index (χ2v) is 5.80. The highest BCUT2D eigenvalue weighted by atomic mass is 79.9. The minimum atomic E-state index is -0.469. The van der Waals surface area contributed by atoms with Gasteiger partial charge in [-0.3, -0.25) is 4.79 Å². The Bertz CT molecular complexity index is 459. The quantitative estimate of drug-likeness (QED) is 0.760. The smallest absolute Gasteiger partial charge is 0.227 e. The molecule has 0 aliphatic heterocycles. The maximum absolute atomic E-state index is 13.1. The molecule has 3 N–H and O–H groups in total. The summed E-state index contributed by atoms with van der Waals surface area (Å²) in [5, 5.41) is 2.93. The number of halogens is 3. The average Bonchev–Trinajstić information content (AvgIpc) is 2.45. The van der Waals surface area contributed by atoms with Gasteiger partial charge in [0.1, 0.15) is 5.82 Å². The molecule has 0 fully saturated rings. The van der Waals surface area contributed by atoms with E-state index in [0.29, 0.717) is 24.0 Å².